The molecule has 1 aromatic carbocycles. The highest BCUT2D eigenvalue weighted by Gasteiger charge is 2.46. The summed E-state index contributed by atoms with van der Waals surface area (Å²) in [6, 6.07) is 8.87. The Balaban J connectivity index is 1.38. The Morgan fingerprint density at radius 1 is 1.28 bits per heavy atom. The van der Waals surface area contributed by atoms with Crippen LogP contribution in [0.15, 0.2) is 41.5 Å². The molecular formula is C20H18F2N6O. The molecule has 2 aliphatic rings. The second kappa shape index (κ2) is 6.33. The molecule has 1 fully saturated rings. The highest BCUT2D eigenvalue weighted by Crippen LogP contribution is 2.37. The van der Waals surface area contributed by atoms with Gasteiger partial charge in [-0.15, -0.1) is 0 Å². The zero-order valence-electron chi connectivity index (χ0n) is 15.6. The lowest BCUT2D eigenvalue weighted by molar-refractivity contribution is -0.0901. The number of benzene rings is 1. The first-order valence-electron chi connectivity index (χ1n) is 9.31. The number of pyridine rings is 1. The van der Waals surface area contributed by atoms with Gasteiger partial charge in [-0.3, -0.25) is 19.5 Å². The van der Waals surface area contributed by atoms with Crippen LogP contribution in [0.1, 0.15) is 34.6 Å². The number of halogens is 2. The summed E-state index contributed by atoms with van der Waals surface area (Å²) >= 11 is 0. The smallest absolute Gasteiger partial charge is 0.272 e. The number of amidine groups is 1. The fourth-order valence-corrected chi connectivity index (χ4v) is 3.77. The summed E-state index contributed by atoms with van der Waals surface area (Å²) in [6.07, 6.45) is 1.08. The summed E-state index contributed by atoms with van der Waals surface area (Å²) in [5, 5.41) is 10.9. The molecule has 2 aromatic heterocycles. The van der Waals surface area contributed by atoms with E-state index in [0.717, 1.165) is 22.5 Å². The predicted molar refractivity (Wildman–Crippen MR) is 104 cm³/mol. The predicted octanol–water partition coefficient (Wildman–Crippen LogP) is 2.87. The van der Waals surface area contributed by atoms with Crippen LogP contribution < -0.4 is 10.6 Å². The third-order valence-corrected chi connectivity index (χ3v) is 5.28. The standard InChI is InChI=1S/C20H18F2N6O/c1-28-15-7-12(25-18-16-11(10-24-18)3-2-6-23-16)4-5-14(15)17(27-28)19(29)26-13-8-20(21,22)9-13/h2-7,13H,8-10H2,1H3,(H,24,25)(H,26,29). The first-order chi connectivity index (χ1) is 13.9. The Hall–Kier alpha value is -3.36. The minimum absolute atomic E-state index is 0.231. The van der Waals surface area contributed by atoms with Crippen LogP contribution in [-0.2, 0) is 13.6 Å². The normalized spacial score (nSPS) is 17.6. The van der Waals surface area contributed by atoms with Crippen LogP contribution in [0, 0.1) is 0 Å². The zero-order valence-corrected chi connectivity index (χ0v) is 15.6. The van der Waals surface area contributed by atoms with E-state index in [1.54, 1.807) is 24.0 Å². The molecule has 2 N–H and O–H groups in total. The fourth-order valence-electron chi connectivity index (χ4n) is 3.77. The van der Waals surface area contributed by atoms with Gasteiger partial charge in [-0.2, -0.15) is 5.10 Å². The third-order valence-electron chi connectivity index (χ3n) is 5.28. The number of aryl methyl sites for hydroxylation is 1. The summed E-state index contributed by atoms with van der Waals surface area (Å²) < 4.78 is 27.6. The van der Waals surface area contributed by atoms with Gasteiger partial charge in [-0.05, 0) is 24.3 Å². The van der Waals surface area contributed by atoms with Crippen molar-refractivity contribution in [3.8, 4) is 0 Å². The number of nitrogens with one attached hydrogen (secondary N) is 2. The zero-order chi connectivity index (χ0) is 20.2. The molecule has 1 aliphatic heterocycles. The van der Waals surface area contributed by atoms with E-state index in [0.29, 0.717) is 17.8 Å². The molecule has 1 aliphatic carbocycles. The van der Waals surface area contributed by atoms with Crippen molar-refractivity contribution in [2.75, 3.05) is 5.32 Å². The average Bonchev–Trinajstić information content (AvgIpc) is 3.22. The fraction of sp³-hybridized carbons (Fsp3) is 0.300. The number of amides is 1. The Morgan fingerprint density at radius 3 is 2.90 bits per heavy atom. The quantitative estimate of drug-likeness (QED) is 0.713. The van der Waals surface area contributed by atoms with E-state index in [9.17, 15) is 13.6 Å². The molecule has 0 radical (unpaired) electrons. The first kappa shape index (κ1) is 17.7. The lowest BCUT2D eigenvalue weighted by Gasteiger charge is -2.35. The van der Waals surface area contributed by atoms with Crippen molar-refractivity contribution >= 4 is 28.3 Å². The maximum Gasteiger partial charge on any atom is 0.272 e. The van der Waals surface area contributed by atoms with E-state index in [1.807, 2.05) is 24.3 Å². The molecule has 9 heteroatoms. The molecule has 1 amide bonds. The van der Waals surface area contributed by atoms with E-state index in [1.165, 1.54) is 0 Å². The monoisotopic (exact) mass is 396 g/mol. The molecule has 0 atom stereocenters. The number of hydrogen-bond acceptors (Lipinski definition) is 5. The second-order valence-corrected chi connectivity index (χ2v) is 7.44. The lowest BCUT2D eigenvalue weighted by atomic mass is 9.88. The second-order valence-electron chi connectivity index (χ2n) is 7.44. The number of carbonyl (C=O) groups is 1. The highest BCUT2D eigenvalue weighted by atomic mass is 19.3. The van der Waals surface area contributed by atoms with Crippen molar-refractivity contribution in [2.45, 2.75) is 31.4 Å². The highest BCUT2D eigenvalue weighted by molar-refractivity contribution is 6.11. The van der Waals surface area contributed by atoms with E-state index < -0.39 is 17.9 Å². The summed E-state index contributed by atoms with van der Waals surface area (Å²) in [4.78, 5) is 21.4. The number of alkyl halides is 2. The van der Waals surface area contributed by atoms with Crippen molar-refractivity contribution in [3.05, 3.63) is 53.5 Å². The lowest BCUT2D eigenvalue weighted by Crippen LogP contribution is -2.50. The summed E-state index contributed by atoms with van der Waals surface area (Å²) in [7, 11) is 1.74. The van der Waals surface area contributed by atoms with Crippen LogP contribution in [0.5, 0.6) is 0 Å². The molecular weight excluding hydrogens is 378 g/mol. The number of aliphatic imine (C=N–C) groups is 1. The number of anilines is 1. The minimum atomic E-state index is -2.68. The van der Waals surface area contributed by atoms with Crippen molar-refractivity contribution in [3.63, 3.8) is 0 Å². The van der Waals surface area contributed by atoms with Gasteiger partial charge < -0.3 is 10.6 Å². The van der Waals surface area contributed by atoms with Crippen molar-refractivity contribution in [1.29, 1.82) is 0 Å². The number of nitrogens with zero attached hydrogens (tertiary/aromatic N) is 4. The SMILES string of the molecule is Cn1nc(C(=O)NC2CC(F)(F)C2)c2ccc(NC3=NCc4cccnc43)cc21. The molecule has 148 valence electrons. The van der Waals surface area contributed by atoms with Crippen molar-refractivity contribution in [1.82, 2.24) is 20.1 Å². The molecule has 7 nitrogen and oxygen atoms in total. The van der Waals surface area contributed by atoms with Gasteiger partial charge in [0.15, 0.2) is 11.5 Å². The summed E-state index contributed by atoms with van der Waals surface area (Å²) in [6.45, 7) is 0.587. The molecule has 3 heterocycles. The Labute approximate surface area is 164 Å². The largest absolute Gasteiger partial charge is 0.347 e. The maximum absolute atomic E-state index is 13.0. The van der Waals surface area contributed by atoms with Crippen LogP contribution in [0.25, 0.3) is 10.9 Å². The van der Waals surface area contributed by atoms with Crippen molar-refractivity contribution < 1.29 is 13.6 Å². The first-order valence-corrected chi connectivity index (χ1v) is 9.31. The van der Waals surface area contributed by atoms with Gasteiger partial charge >= 0.3 is 0 Å². The molecule has 5 rings (SSSR count). The van der Waals surface area contributed by atoms with Crippen LogP contribution in [0.2, 0.25) is 0 Å². The number of carbonyl (C=O) groups excluding carboxylic acids is 1. The maximum atomic E-state index is 13.0. The molecule has 1 saturated carbocycles. The van der Waals surface area contributed by atoms with Gasteiger partial charge in [0.1, 0.15) is 5.69 Å². The number of fused-ring (bicyclic) bond motifs is 2. The molecule has 0 spiro atoms. The van der Waals surface area contributed by atoms with Gasteiger partial charge in [0.05, 0.1) is 12.1 Å². The van der Waals surface area contributed by atoms with E-state index in [4.69, 9.17) is 0 Å². The topological polar surface area (TPSA) is 84.2 Å². The number of hydrogen-bond donors (Lipinski definition) is 2. The van der Waals surface area contributed by atoms with Crippen LogP contribution in [-0.4, -0.2) is 38.5 Å². The van der Waals surface area contributed by atoms with Gasteiger partial charge in [0, 0.05) is 48.8 Å². The average molecular weight is 396 g/mol. The van der Waals surface area contributed by atoms with Gasteiger partial charge in [-0.25, -0.2) is 8.78 Å². The van der Waals surface area contributed by atoms with E-state index in [2.05, 4.69) is 25.7 Å². The van der Waals surface area contributed by atoms with Crippen molar-refractivity contribution in [2.24, 2.45) is 12.0 Å². The summed E-state index contributed by atoms with van der Waals surface area (Å²) in [5.41, 5.74) is 3.67. The molecule has 0 bridgehead atoms. The van der Waals surface area contributed by atoms with Crippen LogP contribution >= 0.6 is 0 Å². The molecule has 0 unspecified atom stereocenters. The number of aromatic nitrogens is 3. The van der Waals surface area contributed by atoms with Crippen LogP contribution in [0.4, 0.5) is 14.5 Å². The minimum Gasteiger partial charge on any atom is -0.347 e. The van der Waals surface area contributed by atoms with E-state index >= 15 is 0 Å². The van der Waals surface area contributed by atoms with Gasteiger partial charge in [-0.1, -0.05) is 6.07 Å². The van der Waals surface area contributed by atoms with Gasteiger partial charge in [0.25, 0.3) is 11.8 Å². The molecule has 3 aromatic rings. The molecule has 29 heavy (non-hydrogen) atoms. The molecule has 0 saturated heterocycles. The Kier molecular flexibility index (Phi) is 3.87. The summed E-state index contributed by atoms with van der Waals surface area (Å²) in [5.74, 6) is -2.41. The van der Waals surface area contributed by atoms with Crippen LogP contribution in [0.3, 0.4) is 0 Å². The third kappa shape index (κ3) is 3.12. The van der Waals surface area contributed by atoms with Gasteiger partial charge in [0.2, 0.25) is 0 Å². The number of rotatable bonds is 3. The van der Waals surface area contributed by atoms with E-state index in [-0.39, 0.29) is 18.5 Å². The Bertz CT molecular complexity index is 1160. The Morgan fingerprint density at radius 2 is 2.10 bits per heavy atom.